The van der Waals surface area contributed by atoms with Crippen LogP contribution in [0, 0.1) is 0 Å². The molecular weight excluding hydrogens is 386 g/mol. The number of anilines is 1. The summed E-state index contributed by atoms with van der Waals surface area (Å²) >= 11 is 0. The van der Waals surface area contributed by atoms with Crippen LogP contribution in [-0.2, 0) is 19.1 Å². The summed E-state index contributed by atoms with van der Waals surface area (Å²) in [6, 6.07) is 6.90. The molecule has 3 fully saturated rings. The van der Waals surface area contributed by atoms with Crippen molar-refractivity contribution in [2.75, 3.05) is 11.5 Å². The van der Waals surface area contributed by atoms with Gasteiger partial charge >= 0.3 is 5.97 Å². The number of carbonyl (C=O) groups is 4. The maximum absolute atomic E-state index is 13.4. The van der Waals surface area contributed by atoms with Crippen molar-refractivity contribution in [2.24, 2.45) is 0 Å². The summed E-state index contributed by atoms with van der Waals surface area (Å²) in [5, 5.41) is 2.90. The van der Waals surface area contributed by atoms with Crippen LogP contribution in [0.25, 0.3) is 0 Å². The molecule has 3 amide bonds. The van der Waals surface area contributed by atoms with Crippen molar-refractivity contribution in [2.45, 2.75) is 69.1 Å². The molecule has 0 spiro atoms. The zero-order valence-electron chi connectivity index (χ0n) is 16.8. The monoisotopic (exact) mass is 411 g/mol. The highest BCUT2D eigenvalue weighted by Gasteiger charge is 2.64. The molecule has 5 rings (SSSR count). The zero-order valence-corrected chi connectivity index (χ0v) is 16.8. The topological polar surface area (TPSA) is 96.0 Å². The van der Waals surface area contributed by atoms with E-state index >= 15 is 0 Å². The zero-order chi connectivity index (χ0) is 20.9. The number of amides is 3. The van der Waals surface area contributed by atoms with Crippen molar-refractivity contribution in [3.05, 3.63) is 29.8 Å². The van der Waals surface area contributed by atoms with Crippen molar-refractivity contribution < 1.29 is 23.9 Å². The number of nitrogens with zero attached hydrogens (tertiary/aromatic N) is 2. The maximum Gasteiger partial charge on any atom is 0.354 e. The predicted octanol–water partition coefficient (Wildman–Crippen LogP) is 1.73. The highest BCUT2D eigenvalue weighted by atomic mass is 16.5. The van der Waals surface area contributed by atoms with E-state index in [-0.39, 0.29) is 42.6 Å². The van der Waals surface area contributed by atoms with E-state index in [0.29, 0.717) is 11.3 Å². The lowest BCUT2D eigenvalue weighted by Gasteiger charge is -2.48. The lowest BCUT2D eigenvalue weighted by atomic mass is 9.96. The molecule has 8 heteroatoms. The first-order chi connectivity index (χ1) is 14.5. The van der Waals surface area contributed by atoms with E-state index in [1.807, 2.05) is 0 Å². The Morgan fingerprint density at radius 1 is 1.10 bits per heavy atom. The fourth-order valence-electron chi connectivity index (χ4n) is 5.10. The molecule has 0 unspecified atom stereocenters. The van der Waals surface area contributed by atoms with Gasteiger partial charge in [-0.3, -0.25) is 19.3 Å². The predicted molar refractivity (Wildman–Crippen MR) is 106 cm³/mol. The quantitative estimate of drug-likeness (QED) is 0.745. The molecule has 0 aromatic heterocycles. The summed E-state index contributed by atoms with van der Waals surface area (Å²) in [4.78, 5) is 54.8. The standard InChI is InChI=1S/C22H25N3O5/c26-18(23-14-5-1-2-6-14)13-30-21(29)22-12-11-19(27)25(22)17-8-4-3-7-16(17)20(28)24(22)15-9-10-15/h3-4,7-8,14-15H,1-2,5-6,9-13H2,(H,23,26)/t22-/m1/s1. The van der Waals surface area contributed by atoms with Gasteiger partial charge in [-0.15, -0.1) is 0 Å². The van der Waals surface area contributed by atoms with Crippen molar-refractivity contribution in [3.63, 3.8) is 0 Å². The van der Waals surface area contributed by atoms with Crippen LogP contribution < -0.4 is 10.2 Å². The number of esters is 1. The summed E-state index contributed by atoms with van der Waals surface area (Å²) < 4.78 is 5.44. The van der Waals surface area contributed by atoms with Crippen LogP contribution in [0.5, 0.6) is 0 Å². The second-order valence-corrected chi connectivity index (χ2v) is 8.59. The van der Waals surface area contributed by atoms with E-state index in [0.717, 1.165) is 38.5 Å². The van der Waals surface area contributed by atoms with E-state index < -0.39 is 18.2 Å². The van der Waals surface area contributed by atoms with Gasteiger partial charge in [-0.1, -0.05) is 25.0 Å². The molecule has 1 aromatic carbocycles. The Morgan fingerprint density at radius 2 is 1.83 bits per heavy atom. The van der Waals surface area contributed by atoms with Gasteiger partial charge in [0.1, 0.15) is 0 Å². The van der Waals surface area contributed by atoms with Crippen molar-refractivity contribution >= 4 is 29.4 Å². The molecule has 2 heterocycles. The largest absolute Gasteiger partial charge is 0.452 e. The van der Waals surface area contributed by atoms with Crippen LogP contribution in [0.15, 0.2) is 24.3 Å². The highest BCUT2D eigenvalue weighted by molar-refractivity contribution is 6.15. The Hall–Kier alpha value is -2.90. The molecule has 1 saturated heterocycles. The number of ether oxygens (including phenoxy) is 1. The Bertz CT molecular complexity index is 921. The first-order valence-electron chi connectivity index (χ1n) is 10.7. The van der Waals surface area contributed by atoms with Gasteiger partial charge in [-0.2, -0.15) is 0 Å². The second kappa shape index (κ2) is 7.11. The summed E-state index contributed by atoms with van der Waals surface area (Å²) in [7, 11) is 0. The molecule has 0 radical (unpaired) electrons. The molecule has 1 N–H and O–H groups in total. The van der Waals surface area contributed by atoms with Crippen LogP contribution >= 0.6 is 0 Å². The fourth-order valence-corrected chi connectivity index (χ4v) is 5.10. The van der Waals surface area contributed by atoms with Gasteiger partial charge in [0.2, 0.25) is 11.6 Å². The molecular formula is C22H25N3O5. The lowest BCUT2D eigenvalue weighted by molar-refractivity contribution is -0.160. The lowest BCUT2D eigenvalue weighted by Crippen LogP contribution is -2.69. The average Bonchev–Trinajstić information content (AvgIpc) is 3.32. The fraction of sp³-hybridized carbons (Fsp3) is 0.545. The number of benzene rings is 1. The normalized spacial score (nSPS) is 25.9. The number of carbonyl (C=O) groups excluding carboxylic acids is 4. The summed E-state index contributed by atoms with van der Waals surface area (Å²) in [6.07, 6.45) is 5.94. The van der Waals surface area contributed by atoms with Crippen molar-refractivity contribution in [1.29, 1.82) is 0 Å². The first kappa shape index (κ1) is 19.1. The minimum absolute atomic E-state index is 0.0980. The summed E-state index contributed by atoms with van der Waals surface area (Å²) in [5.41, 5.74) is -0.645. The Kier molecular flexibility index (Phi) is 4.52. The molecule has 158 valence electrons. The van der Waals surface area contributed by atoms with Gasteiger partial charge in [-0.25, -0.2) is 4.79 Å². The van der Waals surface area contributed by atoms with Crippen LogP contribution in [-0.4, -0.2) is 52.9 Å². The first-order valence-corrected chi connectivity index (χ1v) is 10.7. The molecule has 30 heavy (non-hydrogen) atoms. The summed E-state index contributed by atoms with van der Waals surface area (Å²) in [5.74, 6) is -1.52. The molecule has 2 saturated carbocycles. The third-order valence-electron chi connectivity index (χ3n) is 6.59. The molecule has 2 aliphatic carbocycles. The van der Waals surface area contributed by atoms with Crippen LogP contribution in [0.4, 0.5) is 5.69 Å². The Labute approximate surface area is 174 Å². The van der Waals surface area contributed by atoms with Gasteiger partial charge in [0.05, 0.1) is 11.3 Å². The van der Waals surface area contributed by atoms with Gasteiger partial charge < -0.3 is 15.0 Å². The Morgan fingerprint density at radius 3 is 2.57 bits per heavy atom. The number of nitrogens with one attached hydrogen (secondary N) is 1. The van der Waals surface area contributed by atoms with E-state index in [1.54, 1.807) is 24.3 Å². The number of hydrogen-bond donors (Lipinski definition) is 1. The third-order valence-corrected chi connectivity index (χ3v) is 6.59. The number of hydrogen-bond acceptors (Lipinski definition) is 5. The van der Waals surface area contributed by atoms with E-state index in [1.165, 1.54) is 9.80 Å². The van der Waals surface area contributed by atoms with Crippen molar-refractivity contribution in [3.8, 4) is 0 Å². The second-order valence-electron chi connectivity index (χ2n) is 8.59. The van der Waals surface area contributed by atoms with E-state index in [4.69, 9.17) is 4.74 Å². The molecule has 2 aliphatic heterocycles. The molecule has 8 nitrogen and oxygen atoms in total. The van der Waals surface area contributed by atoms with Crippen LogP contribution in [0.3, 0.4) is 0 Å². The molecule has 4 aliphatic rings. The number of rotatable bonds is 5. The van der Waals surface area contributed by atoms with Gasteiger partial charge in [0.15, 0.2) is 6.61 Å². The highest BCUT2D eigenvalue weighted by Crippen LogP contribution is 2.49. The van der Waals surface area contributed by atoms with E-state index in [9.17, 15) is 19.2 Å². The SMILES string of the molecule is O=C(COC(=O)[C@@]12CCC(=O)N1c1ccccc1C(=O)N2C1CC1)NC1CCCC1. The minimum Gasteiger partial charge on any atom is -0.452 e. The molecule has 0 bridgehead atoms. The summed E-state index contributed by atoms with van der Waals surface area (Å²) in [6.45, 7) is -0.409. The number of para-hydroxylation sites is 1. The van der Waals surface area contributed by atoms with E-state index in [2.05, 4.69) is 5.32 Å². The van der Waals surface area contributed by atoms with Crippen LogP contribution in [0.2, 0.25) is 0 Å². The molecule has 1 aromatic rings. The number of fused-ring (bicyclic) bond motifs is 3. The smallest absolute Gasteiger partial charge is 0.354 e. The third kappa shape index (κ3) is 2.88. The Balaban J connectivity index is 1.43. The van der Waals surface area contributed by atoms with Gasteiger partial charge in [0, 0.05) is 24.9 Å². The molecule has 1 atom stereocenters. The maximum atomic E-state index is 13.4. The van der Waals surface area contributed by atoms with Gasteiger partial charge in [-0.05, 0) is 37.8 Å². The van der Waals surface area contributed by atoms with Crippen molar-refractivity contribution in [1.82, 2.24) is 10.2 Å². The minimum atomic E-state index is -1.50. The van der Waals surface area contributed by atoms with Crippen LogP contribution in [0.1, 0.15) is 61.7 Å². The van der Waals surface area contributed by atoms with Gasteiger partial charge in [0.25, 0.3) is 11.8 Å². The average molecular weight is 411 g/mol.